The summed E-state index contributed by atoms with van der Waals surface area (Å²) in [5, 5.41) is 0. The summed E-state index contributed by atoms with van der Waals surface area (Å²) >= 11 is 0. The number of hydrogen-bond acceptors (Lipinski definition) is 0. The van der Waals surface area contributed by atoms with Crippen molar-refractivity contribution in [2.24, 2.45) is 11.3 Å². The van der Waals surface area contributed by atoms with Crippen molar-refractivity contribution in [2.75, 3.05) is 0 Å². The molecule has 0 spiro atoms. The Bertz CT molecular complexity index is 417. The Labute approximate surface area is 105 Å². The Morgan fingerprint density at radius 3 is 2.65 bits per heavy atom. The third-order valence-electron chi connectivity index (χ3n) is 5.06. The fourth-order valence-electron chi connectivity index (χ4n) is 3.88. The van der Waals surface area contributed by atoms with Crippen LogP contribution in [0.4, 0.5) is 0 Å². The lowest BCUT2D eigenvalue weighted by Gasteiger charge is -2.48. The second-order valence-electron chi connectivity index (χ2n) is 6.34. The molecule has 0 amide bonds. The van der Waals surface area contributed by atoms with E-state index < -0.39 is 0 Å². The Morgan fingerprint density at radius 2 is 1.88 bits per heavy atom. The lowest BCUT2D eigenvalue weighted by molar-refractivity contribution is 0.114. The zero-order valence-corrected chi connectivity index (χ0v) is 10.8. The Hall–Kier alpha value is -1.04. The van der Waals surface area contributed by atoms with Crippen LogP contribution >= 0.6 is 0 Å². The fraction of sp³-hybridized carbons (Fsp3) is 0.529. The van der Waals surface area contributed by atoms with E-state index in [0.29, 0.717) is 5.41 Å². The molecule has 2 fully saturated rings. The molecule has 0 saturated heterocycles. The predicted octanol–water partition coefficient (Wildman–Crippen LogP) is 4.93. The molecule has 1 aromatic carbocycles. The van der Waals surface area contributed by atoms with Crippen LogP contribution in [0.1, 0.15) is 50.5 Å². The van der Waals surface area contributed by atoms with E-state index in [4.69, 9.17) is 0 Å². The number of allylic oxidation sites excluding steroid dienone is 1. The maximum atomic E-state index is 4.34. The van der Waals surface area contributed by atoms with Crippen molar-refractivity contribution >= 4 is 0 Å². The summed E-state index contributed by atoms with van der Waals surface area (Å²) in [5.74, 6) is 1.47. The Morgan fingerprint density at radius 1 is 1.12 bits per heavy atom. The van der Waals surface area contributed by atoms with Crippen LogP contribution < -0.4 is 0 Å². The number of rotatable bonds is 1. The van der Waals surface area contributed by atoms with Gasteiger partial charge >= 0.3 is 0 Å². The smallest absolute Gasteiger partial charge is 0.00960 e. The minimum atomic E-state index is 0.608. The van der Waals surface area contributed by atoms with Crippen LogP contribution in [0.3, 0.4) is 0 Å². The van der Waals surface area contributed by atoms with E-state index in [-0.39, 0.29) is 0 Å². The molecule has 3 rings (SSSR count). The number of fused-ring (bicyclic) bond motifs is 2. The monoisotopic (exact) mass is 226 g/mol. The van der Waals surface area contributed by atoms with Crippen LogP contribution in [0.25, 0.3) is 0 Å². The molecule has 3 unspecified atom stereocenters. The lowest BCUT2D eigenvalue weighted by Crippen LogP contribution is -2.35. The third kappa shape index (κ3) is 1.94. The molecule has 0 heteroatoms. The van der Waals surface area contributed by atoms with Crippen molar-refractivity contribution in [3.63, 3.8) is 0 Å². The van der Waals surface area contributed by atoms with Crippen molar-refractivity contribution in [1.29, 1.82) is 0 Å². The molecule has 0 nitrogen and oxygen atoms in total. The van der Waals surface area contributed by atoms with Gasteiger partial charge in [-0.25, -0.2) is 0 Å². The first kappa shape index (κ1) is 11.1. The van der Waals surface area contributed by atoms with Gasteiger partial charge in [0.15, 0.2) is 0 Å². The highest BCUT2D eigenvalue weighted by Gasteiger charge is 2.42. The largest absolute Gasteiger partial charge is 0.0996 e. The van der Waals surface area contributed by atoms with Gasteiger partial charge in [-0.05, 0) is 54.9 Å². The van der Waals surface area contributed by atoms with Gasteiger partial charge in [-0.15, -0.1) is 0 Å². The van der Waals surface area contributed by atoms with Crippen LogP contribution in [-0.4, -0.2) is 0 Å². The van der Waals surface area contributed by atoms with Crippen LogP contribution in [-0.2, 0) is 0 Å². The molecule has 0 aromatic heterocycles. The van der Waals surface area contributed by atoms with Crippen molar-refractivity contribution in [1.82, 2.24) is 0 Å². The number of hydrogen-bond donors (Lipinski definition) is 0. The van der Waals surface area contributed by atoms with E-state index in [1.54, 1.807) is 0 Å². The van der Waals surface area contributed by atoms with Gasteiger partial charge in [-0.2, -0.15) is 0 Å². The summed E-state index contributed by atoms with van der Waals surface area (Å²) in [6.07, 6.45) is 6.74. The average molecular weight is 226 g/mol. The highest BCUT2D eigenvalue weighted by atomic mass is 14.5. The van der Waals surface area contributed by atoms with Crippen LogP contribution in [0, 0.1) is 11.3 Å². The first-order valence-electron chi connectivity index (χ1n) is 6.91. The van der Waals surface area contributed by atoms with Gasteiger partial charge in [0, 0.05) is 0 Å². The maximum Gasteiger partial charge on any atom is -0.00960 e. The number of benzene rings is 1. The molecule has 2 aliphatic carbocycles. The second kappa shape index (κ2) is 4.01. The molecule has 90 valence electrons. The zero-order chi connectivity index (χ0) is 11.9. The van der Waals surface area contributed by atoms with E-state index >= 15 is 0 Å². The molecule has 2 bridgehead atoms. The van der Waals surface area contributed by atoms with Gasteiger partial charge in [-0.3, -0.25) is 0 Å². The molecular weight excluding hydrogens is 204 g/mol. The lowest BCUT2D eigenvalue weighted by atomic mass is 9.57. The minimum Gasteiger partial charge on any atom is -0.0996 e. The van der Waals surface area contributed by atoms with E-state index in [9.17, 15) is 0 Å². The van der Waals surface area contributed by atoms with E-state index in [1.165, 1.54) is 43.2 Å². The molecule has 0 radical (unpaired) electrons. The van der Waals surface area contributed by atoms with Gasteiger partial charge in [-0.1, -0.05) is 49.4 Å². The van der Waals surface area contributed by atoms with E-state index in [2.05, 4.69) is 43.8 Å². The first-order chi connectivity index (χ1) is 8.18. The SMILES string of the molecule is C=C1CCC2(C)CCC(c3ccccc3)C1C2. The van der Waals surface area contributed by atoms with Gasteiger partial charge in [0.1, 0.15) is 0 Å². The van der Waals surface area contributed by atoms with Crippen LogP contribution in [0.15, 0.2) is 42.5 Å². The molecular formula is C17H22. The summed E-state index contributed by atoms with van der Waals surface area (Å²) in [6.45, 7) is 6.82. The zero-order valence-electron chi connectivity index (χ0n) is 10.8. The average Bonchev–Trinajstić information content (AvgIpc) is 2.36. The van der Waals surface area contributed by atoms with Crippen molar-refractivity contribution in [2.45, 2.75) is 44.9 Å². The van der Waals surface area contributed by atoms with Gasteiger partial charge in [0.05, 0.1) is 0 Å². The minimum absolute atomic E-state index is 0.608. The van der Waals surface area contributed by atoms with Gasteiger partial charge < -0.3 is 0 Å². The van der Waals surface area contributed by atoms with Gasteiger partial charge in [0.25, 0.3) is 0 Å². The van der Waals surface area contributed by atoms with Crippen LogP contribution in [0.5, 0.6) is 0 Å². The molecule has 0 heterocycles. The normalized spacial score (nSPS) is 36.9. The van der Waals surface area contributed by atoms with Gasteiger partial charge in [0.2, 0.25) is 0 Å². The van der Waals surface area contributed by atoms with Crippen molar-refractivity contribution in [3.8, 4) is 0 Å². The van der Waals surface area contributed by atoms with Crippen molar-refractivity contribution in [3.05, 3.63) is 48.0 Å². The topological polar surface area (TPSA) is 0 Å². The molecule has 17 heavy (non-hydrogen) atoms. The maximum absolute atomic E-state index is 4.34. The van der Waals surface area contributed by atoms with E-state index in [1.807, 2.05) is 0 Å². The fourth-order valence-corrected chi connectivity index (χ4v) is 3.88. The molecule has 3 atom stereocenters. The molecule has 2 saturated carbocycles. The highest BCUT2D eigenvalue weighted by molar-refractivity contribution is 5.26. The first-order valence-corrected chi connectivity index (χ1v) is 6.91. The van der Waals surface area contributed by atoms with E-state index in [0.717, 1.165) is 11.8 Å². The molecule has 0 aliphatic heterocycles. The van der Waals surface area contributed by atoms with Crippen molar-refractivity contribution < 1.29 is 0 Å². The highest BCUT2D eigenvalue weighted by Crippen LogP contribution is 2.55. The third-order valence-corrected chi connectivity index (χ3v) is 5.06. The Kier molecular flexibility index (Phi) is 2.61. The molecule has 0 N–H and O–H groups in total. The van der Waals surface area contributed by atoms with Crippen LogP contribution in [0.2, 0.25) is 0 Å². The predicted molar refractivity (Wildman–Crippen MR) is 73.0 cm³/mol. The second-order valence-corrected chi connectivity index (χ2v) is 6.34. The summed E-state index contributed by atoms with van der Waals surface area (Å²) < 4.78 is 0. The summed E-state index contributed by atoms with van der Waals surface area (Å²) in [6, 6.07) is 11.1. The quantitative estimate of drug-likeness (QED) is 0.596. The standard InChI is InChI=1S/C17H22/c1-13-8-10-17(2)11-9-15(16(13)12-17)14-6-4-3-5-7-14/h3-7,15-16H,1,8-12H2,2H3. The molecule has 1 aromatic rings. The Balaban J connectivity index is 1.90. The summed E-state index contributed by atoms with van der Waals surface area (Å²) in [7, 11) is 0. The summed E-state index contributed by atoms with van der Waals surface area (Å²) in [5.41, 5.74) is 3.65. The molecule has 2 aliphatic rings. The summed E-state index contributed by atoms with van der Waals surface area (Å²) in [4.78, 5) is 0.